The fourth-order valence-corrected chi connectivity index (χ4v) is 3.99. The van der Waals surface area contributed by atoms with Crippen molar-refractivity contribution in [2.45, 2.75) is 90.1 Å². The summed E-state index contributed by atoms with van der Waals surface area (Å²) in [7, 11) is 0. The number of carbonyl (C=O) groups excluding carboxylic acids is 2. The van der Waals surface area contributed by atoms with E-state index in [2.05, 4.69) is 17.6 Å². The Kier molecular flexibility index (Phi) is 6.71. The molecule has 3 unspecified atom stereocenters. The fourth-order valence-electron chi connectivity index (χ4n) is 3.99. The van der Waals surface area contributed by atoms with Gasteiger partial charge in [0.25, 0.3) is 0 Å². The van der Waals surface area contributed by atoms with Crippen LogP contribution in [0.3, 0.4) is 0 Å². The molecule has 0 aliphatic heterocycles. The molecule has 2 aliphatic rings. The Morgan fingerprint density at radius 2 is 1.68 bits per heavy atom. The van der Waals surface area contributed by atoms with Crippen LogP contribution in [0.4, 0.5) is 0 Å². The summed E-state index contributed by atoms with van der Waals surface area (Å²) in [5, 5.41) is 6.33. The topological polar surface area (TPSA) is 58.2 Å². The first-order chi connectivity index (χ1) is 10.6. The maximum atomic E-state index is 12.3. The number of amides is 2. The maximum absolute atomic E-state index is 12.3. The monoisotopic (exact) mass is 308 g/mol. The van der Waals surface area contributed by atoms with Crippen LogP contribution in [-0.2, 0) is 9.59 Å². The lowest BCUT2D eigenvalue weighted by molar-refractivity contribution is -0.126. The average molecular weight is 308 g/mol. The highest BCUT2D eigenvalue weighted by molar-refractivity contribution is 5.78. The van der Waals surface area contributed by atoms with Gasteiger partial charge < -0.3 is 10.6 Å². The first-order valence-electron chi connectivity index (χ1n) is 9.18. The molecule has 2 N–H and O–H groups in total. The predicted molar refractivity (Wildman–Crippen MR) is 88.4 cm³/mol. The Morgan fingerprint density at radius 3 is 2.36 bits per heavy atom. The molecule has 0 aromatic carbocycles. The van der Waals surface area contributed by atoms with Crippen LogP contribution in [0.5, 0.6) is 0 Å². The number of carbonyl (C=O) groups is 2. The van der Waals surface area contributed by atoms with Crippen LogP contribution in [0.2, 0.25) is 0 Å². The van der Waals surface area contributed by atoms with Crippen molar-refractivity contribution in [3.63, 3.8) is 0 Å². The third kappa shape index (κ3) is 5.29. The van der Waals surface area contributed by atoms with Gasteiger partial charge in [-0.2, -0.15) is 0 Å². The van der Waals surface area contributed by atoms with Crippen LogP contribution >= 0.6 is 0 Å². The minimum Gasteiger partial charge on any atom is -0.353 e. The summed E-state index contributed by atoms with van der Waals surface area (Å²) < 4.78 is 0. The van der Waals surface area contributed by atoms with E-state index in [4.69, 9.17) is 0 Å². The zero-order valence-electron chi connectivity index (χ0n) is 14.2. The first-order valence-corrected chi connectivity index (χ1v) is 9.18. The summed E-state index contributed by atoms with van der Waals surface area (Å²) >= 11 is 0. The average Bonchev–Trinajstić information content (AvgIpc) is 3.00. The van der Waals surface area contributed by atoms with E-state index in [-0.39, 0.29) is 17.7 Å². The molecule has 2 aliphatic carbocycles. The van der Waals surface area contributed by atoms with Crippen molar-refractivity contribution in [1.82, 2.24) is 10.6 Å². The molecule has 2 fully saturated rings. The van der Waals surface area contributed by atoms with Gasteiger partial charge in [0.05, 0.1) is 0 Å². The summed E-state index contributed by atoms with van der Waals surface area (Å²) in [4.78, 5) is 23.8. The normalized spacial score (nSPS) is 27.4. The molecule has 126 valence electrons. The second-order valence-corrected chi connectivity index (χ2v) is 7.28. The van der Waals surface area contributed by atoms with E-state index in [1.807, 2.05) is 6.92 Å². The SMILES string of the molecule is CCC(=O)NC1CCCC(CC(C)C(=O)NC2CCCC2)C1. The molecule has 0 bridgehead atoms. The lowest BCUT2D eigenvalue weighted by Crippen LogP contribution is -2.40. The van der Waals surface area contributed by atoms with Crippen molar-refractivity contribution in [2.75, 3.05) is 0 Å². The van der Waals surface area contributed by atoms with Gasteiger partial charge in [-0.15, -0.1) is 0 Å². The largest absolute Gasteiger partial charge is 0.353 e. The fraction of sp³-hybridized carbons (Fsp3) is 0.889. The van der Waals surface area contributed by atoms with Crippen LogP contribution in [0.25, 0.3) is 0 Å². The molecular formula is C18H32N2O2. The summed E-state index contributed by atoms with van der Waals surface area (Å²) in [6.45, 7) is 3.95. The highest BCUT2D eigenvalue weighted by Gasteiger charge is 2.27. The van der Waals surface area contributed by atoms with Gasteiger partial charge in [-0.3, -0.25) is 9.59 Å². The van der Waals surface area contributed by atoms with E-state index in [9.17, 15) is 9.59 Å². The van der Waals surface area contributed by atoms with Gasteiger partial charge in [0.15, 0.2) is 0 Å². The van der Waals surface area contributed by atoms with Crippen LogP contribution in [0.15, 0.2) is 0 Å². The van der Waals surface area contributed by atoms with E-state index in [1.165, 1.54) is 19.3 Å². The molecule has 0 heterocycles. The van der Waals surface area contributed by atoms with Crippen molar-refractivity contribution in [2.24, 2.45) is 11.8 Å². The zero-order chi connectivity index (χ0) is 15.9. The molecule has 2 rings (SSSR count). The predicted octanol–water partition coefficient (Wildman–Crippen LogP) is 3.16. The molecule has 0 saturated heterocycles. The Bertz CT molecular complexity index is 377. The Labute approximate surface area is 134 Å². The van der Waals surface area contributed by atoms with E-state index in [1.54, 1.807) is 0 Å². The standard InChI is InChI=1S/C18H32N2O2/c1-3-17(21)19-16-10-6-7-14(12-16)11-13(2)18(22)20-15-8-4-5-9-15/h13-16H,3-12H2,1-2H3,(H,19,21)(H,20,22). The minimum atomic E-state index is 0.0891. The second kappa shape index (κ2) is 8.54. The zero-order valence-corrected chi connectivity index (χ0v) is 14.2. The Hall–Kier alpha value is -1.06. The molecule has 0 aromatic heterocycles. The number of rotatable bonds is 6. The molecule has 2 amide bonds. The van der Waals surface area contributed by atoms with Gasteiger partial charge >= 0.3 is 0 Å². The quantitative estimate of drug-likeness (QED) is 0.792. The summed E-state index contributed by atoms with van der Waals surface area (Å²) in [5.41, 5.74) is 0. The van der Waals surface area contributed by atoms with E-state index < -0.39 is 0 Å². The molecule has 4 nitrogen and oxygen atoms in total. The summed E-state index contributed by atoms with van der Waals surface area (Å²) in [6.07, 6.45) is 10.8. The number of nitrogens with one attached hydrogen (secondary N) is 2. The highest BCUT2D eigenvalue weighted by Crippen LogP contribution is 2.30. The van der Waals surface area contributed by atoms with Crippen molar-refractivity contribution in [3.05, 3.63) is 0 Å². The number of hydrogen-bond donors (Lipinski definition) is 2. The van der Waals surface area contributed by atoms with Crippen molar-refractivity contribution in [1.29, 1.82) is 0 Å². The van der Waals surface area contributed by atoms with Crippen molar-refractivity contribution < 1.29 is 9.59 Å². The Balaban J connectivity index is 1.73. The minimum absolute atomic E-state index is 0.0891. The lowest BCUT2D eigenvalue weighted by atomic mass is 9.80. The van der Waals surface area contributed by atoms with E-state index in [0.29, 0.717) is 24.4 Å². The van der Waals surface area contributed by atoms with Crippen molar-refractivity contribution in [3.8, 4) is 0 Å². The molecule has 3 atom stereocenters. The summed E-state index contributed by atoms with van der Waals surface area (Å²) in [5.74, 6) is 1.04. The Morgan fingerprint density at radius 1 is 1.00 bits per heavy atom. The maximum Gasteiger partial charge on any atom is 0.223 e. The molecule has 0 aromatic rings. The van der Waals surface area contributed by atoms with Crippen LogP contribution in [0, 0.1) is 11.8 Å². The molecular weight excluding hydrogens is 276 g/mol. The van der Waals surface area contributed by atoms with Gasteiger partial charge in [0, 0.05) is 24.4 Å². The molecule has 0 spiro atoms. The smallest absolute Gasteiger partial charge is 0.223 e. The van der Waals surface area contributed by atoms with Gasteiger partial charge in [-0.25, -0.2) is 0 Å². The van der Waals surface area contributed by atoms with Crippen LogP contribution in [0.1, 0.15) is 78.1 Å². The van der Waals surface area contributed by atoms with Gasteiger partial charge in [0.1, 0.15) is 0 Å². The van der Waals surface area contributed by atoms with Crippen LogP contribution < -0.4 is 10.6 Å². The molecule has 0 radical (unpaired) electrons. The van der Waals surface area contributed by atoms with Gasteiger partial charge in [0.2, 0.25) is 11.8 Å². The molecule has 22 heavy (non-hydrogen) atoms. The third-order valence-corrected chi connectivity index (χ3v) is 5.31. The second-order valence-electron chi connectivity index (χ2n) is 7.28. The first kappa shape index (κ1) is 17.3. The lowest BCUT2D eigenvalue weighted by Gasteiger charge is -2.31. The molecule has 2 saturated carbocycles. The highest BCUT2D eigenvalue weighted by atomic mass is 16.2. The van der Waals surface area contributed by atoms with Gasteiger partial charge in [-0.05, 0) is 38.0 Å². The van der Waals surface area contributed by atoms with Crippen molar-refractivity contribution >= 4 is 11.8 Å². The number of hydrogen-bond acceptors (Lipinski definition) is 2. The van der Waals surface area contributed by atoms with E-state index in [0.717, 1.165) is 38.5 Å². The van der Waals surface area contributed by atoms with Gasteiger partial charge in [-0.1, -0.05) is 39.5 Å². The molecule has 4 heteroatoms. The summed E-state index contributed by atoms with van der Waals surface area (Å²) in [6, 6.07) is 0.731. The van der Waals surface area contributed by atoms with Crippen LogP contribution in [-0.4, -0.2) is 23.9 Å². The third-order valence-electron chi connectivity index (χ3n) is 5.31. The van der Waals surface area contributed by atoms with E-state index >= 15 is 0 Å².